The normalized spacial score (nSPS) is 13.4. The van der Waals surface area contributed by atoms with Crippen molar-refractivity contribution in [3.8, 4) is 5.75 Å². The van der Waals surface area contributed by atoms with E-state index in [-0.39, 0.29) is 5.91 Å². The number of fused-ring (bicyclic) bond motifs is 1. The van der Waals surface area contributed by atoms with Gasteiger partial charge in [-0.3, -0.25) is 4.79 Å². The number of imidazole rings is 1. The number of amides is 1. The van der Waals surface area contributed by atoms with Crippen molar-refractivity contribution in [3.05, 3.63) is 59.4 Å². The summed E-state index contributed by atoms with van der Waals surface area (Å²) in [4.78, 5) is 16.6. The quantitative estimate of drug-likeness (QED) is 0.391. The molecule has 4 rings (SSSR count). The van der Waals surface area contributed by atoms with Gasteiger partial charge in [-0.1, -0.05) is 36.2 Å². The minimum Gasteiger partial charge on any atom is -0.493 e. The molecule has 32 heavy (non-hydrogen) atoms. The fraction of sp³-hybridized carbons (Fsp3) is 0.481. The molecule has 1 fully saturated rings. The summed E-state index contributed by atoms with van der Waals surface area (Å²) in [6.07, 6.45) is 7.25. The topological polar surface area (TPSA) is 56.1 Å². The highest BCUT2D eigenvalue weighted by atomic mass is 16.5. The van der Waals surface area contributed by atoms with E-state index in [2.05, 4.69) is 66.2 Å². The van der Waals surface area contributed by atoms with Crippen molar-refractivity contribution in [2.75, 3.05) is 13.2 Å². The molecule has 5 nitrogen and oxygen atoms in total. The first kappa shape index (κ1) is 22.4. The molecular formula is C27H35N3O2. The van der Waals surface area contributed by atoms with Gasteiger partial charge in [-0.15, -0.1) is 0 Å². The first-order valence-corrected chi connectivity index (χ1v) is 12.0. The number of nitrogens with zero attached hydrogens (tertiary/aromatic N) is 2. The van der Waals surface area contributed by atoms with Crippen LogP contribution in [0.3, 0.4) is 0 Å². The van der Waals surface area contributed by atoms with Crippen molar-refractivity contribution < 1.29 is 9.53 Å². The van der Waals surface area contributed by atoms with Gasteiger partial charge >= 0.3 is 0 Å². The second-order valence-electron chi connectivity index (χ2n) is 9.02. The average molecular weight is 434 g/mol. The van der Waals surface area contributed by atoms with E-state index in [4.69, 9.17) is 9.72 Å². The molecule has 0 radical (unpaired) electrons. The van der Waals surface area contributed by atoms with Gasteiger partial charge in [0.2, 0.25) is 5.91 Å². The zero-order valence-electron chi connectivity index (χ0n) is 19.4. The van der Waals surface area contributed by atoms with Gasteiger partial charge in [-0.2, -0.15) is 0 Å². The van der Waals surface area contributed by atoms with Gasteiger partial charge in [0.15, 0.2) is 0 Å². The van der Waals surface area contributed by atoms with E-state index < -0.39 is 0 Å². The number of para-hydroxylation sites is 2. The molecule has 1 N–H and O–H groups in total. The summed E-state index contributed by atoms with van der Waals surface area (Å²) >= 11 is 0. The van der Waals surface area contributed by atoms with E-state index in [1.165, 1.54) is 16.6 Å². The SMILES string of the molecule is Cc1ccc(OCCCn2c(CCCCCNC(=O)C3CC3)nc3ccccc32)c(C)c1. The first-order valence-electron chi connectivity index (χ1n) is 12.0. The molecule has 1 heterocycles. The Labute approximate surface area is 191 Å². The van der Waals surface area contributed by atoms with Crippen LogP contribution in [0.4, 0.5) is 0 Å². The summed E-state index contributed by atoms with van der Waals surface area (Å²) in [5.41, 5.74) is 4.71. The number of aromatic nitrogens is 2. The van der Waals surface area contributed by atoms with Crippen LogP contribution in [0.25, 0.3) is 11.0 Å². The van der Waals surface area contributed by atoms with Gasteiger partial charge in [-0.05, 0) is 69.7 Å². The van der Waals surface area contributed by atoms with Gasteiger partial charge < -0.3 is 14.6 Å². The van der Waals surface area contributed by atoms with Crippen molar-refractivity contribution in [2.24, 2.45) is 5.92 Å². The number of benzene rings is 2. The Bertz CT molecular complexity index is 1050. The molecule has 1 saturated carbocycles. The number of carbonyl (C=O) groups is 1. The van der Waals surface area contributed by atoms with E-state index in [1.54, 1.807) is 0 Å². The number of ether oxygens (including phenoxy) is 1. The molecule has 1 aromatic heterocycles. The largest absolute Gasteiger partial charge is 0.493 e. The second-order valence-corrected chi connectivity index (χ2v) is 9.02. The van der Waals surface area contributed by atoms with Crippen molar-refractivity contribution in [1.82, 2.24) is 14.9 Å². The van der Waals surface area contributed by atoms with Crippen molar-refractivity contribution in [3.63, 3.8) is 0 Å². The molecule has 0 atom stereocenters. The molecule has 170 valence electrons. The summed E-state index contributed by atoms with van der Waals surface area (Å²) in [7, 11) is 0. The van der Waals surface area contributed by atoms with Crippen molar-refractivity contribution >= 4 is 16.9 Å². The lowest BCUT2D eigenvalue weighted by molar-refractivity contribution is -0.122. The van der Waals surface area contributed by atoms with E-state index in [0.29, 0.717) is 12.5 Å². The van der Waals surface area contributed by atoms with Crippen LogP contribution in [-0.4, -0.2) is 28.6 Å². The van der Waals surface area contributed by atoms with Crippen molar-refractivity contribution in [1.29, 1.82) is 0 Å². The van der Waals surface area contributed by atoms with Gasteiger partial charge in [-0.25, -0.2) is 4.98 Å². The van der Waals surface area contributed by atoms with Gasteiger partial charge in [0.1, 0.15) is 11.6 Å². The fourth-order valence-electron chi connectivity index (χ4n) is 4.22. The Morgan fingerprint density at radius 2 is 1.94 bits per heavy atom. The summed E-state index contributed by atoms with van der Waals surface area (Å²) in [6, 6.07) is 14.7. The monoisotopic (exact) mass is 433 g/mol. The predicted molar refractivity (Wildman–Crippen MR) is 129 cm³/mol. The number of hydrogen-bond donors (Lipinski definition) is 1. The molecule has 1 aliphatic carbocycles. The van der Waals surface area contributed by atoms with E-state index in [1.807, 2.05) is 0 Å². The van der Waals surface area contributed by atoms with E-state index in [0.717, 1.165) is 75.1 Å². The Morgan fingerprint density at radius 3 is 2.75 bits per heavy atom. The molecule has 0 spiro atoms. The van der Waals surface area contributed by atoms with Gasteiger partial charge in [0.05, 0.1) is 17.6 Å². The third kappa shape index (κ3) is 5.90. The summed E-state index contributed by atoms with van der Waals surface area (Å²) in [5, 5.41) is 3.06. The molecule has 5 heteroatoms. The number of hydrogen-bond acceptors (Lipinski definition) is 3. The van der Waals surface area contributed by atoms with E-state index in [9.17, 15) is 4.79 Å². The first-order chi connectivity index (χ1) is 15.6. The second kappa shape index (κ2) is 10.7. The average Bonchev–Trinajstić information content (AvgIpc) is 3.57. The lowest BCUT2D eigenvalue weighted by Crippen LogP contribution is -2.25. The van der Waals surface area contributed by atoms with E-state index >= 15 is 0 Å². The highest BCUT2D eigenvalue weighted by Gasteiger charge is 2.28. The van der Waals surface area contributed by atoms with Crippen LogP contribution < -0.4 is 10.1 Å². The predicted octanol–water partition coefficient (Wildman–Crippen LogP) is 5.36. The van der Waals surface area contributed by atoms with Crippen LogP contribution in [-0.2, 0) is 17.8 Å². The van der Waals surface area contributed by atoms with Crippen molar-refractivity contribution in [2.45, 2.75) is 65.3 Å². The molecule has 2 aromatic carbocycles. The molecule has 0 aliphatic heterocycles. The van der Waals surface area contributed by atoms with Crippen LogP contribution in [0.2, 0.25) is 0 Å². The van der Waals surface area contributed by atoms with Crippen LogP contribution in [0.5, 0.6) is 5.75 Å². The molecular weight excluding hydrogens is 398 g/mol. The smallest absolute Gasteiger partial charge is 0.223 e. The van der Waals surface area contributed by atoms with Crippen LogP contribution in [0, 0.1) is 19.8 Å². The maximum absolute atomic E-state index is 11.7. The Hall–Kier alpha value is -2.82. The third-order valence-electron chi connectivity index (χ3n) is 6.17. The zero-order chi connectivity index (χ0) is 22.3. The minimum absolute atomic E-state index is 0.245. The third-order valence-corrected chi connectivity index (χ3v) is 6.17. The fourth-order valence-corrected chi connectivity index (χ4v) is 4.22. The molecule has 0 saturated heterocycles. The molecule has 0 unspecified atom stereocenters. The lowest BCUT2D eigenvalue weighted by Gasteiger charge is -2.12. The molecule has 1 amide bonds. The van der Waals surface area contributed by atoms with Crippen LogP contribution in [0.15, 0.2) is 42.5 Å². The summed E-state index contributed by atoms with van der Waals surface area (Å²) in [5.74, 6) is 2.67. The van der Waals surface area contributed by atoms with Gasteiger partial charge in [0.25, 0.3) is 0 Å². The Morgan fingerprint density at radius 1 is 1.09 bits per heavy atom. The lowest BCUT2D eigenvalue weighted by atomic mass is 10.1. The number of rotatable bonds is 12. The van der Waals surface area contributed by atoms with Gasteiger partial charge in [0, 0.05) is 25.4 Å². The maximum atomic E-state index is 11.7. The summed E-state index contributed by atoms with van der Waals surface area (Å²) in [6.45, 7) is 6.59. The standard InChI is InChI=1S/C27H35N3O2/c1-20-12-15-25(21(2)19-20)32-18-8-17-30-24-10-6-5-9-23(24)29-26(30)11-4-3-7-16-28-27(31)22-13-14-22/h5-6,9-10,12,15,19,22H,3-4,7-8,11,13-14,16-18H2,1-2H3,(H,28,31). The van der Waals surface area contributed by atoms with Crippen LogP contribution in [0.1, 0.15) is 55.5 Å². The number of carbonyl (C=O) groups excluding carboxylic acids is 1. The highest BCUT2D eigenvalue weighted by molar-refractivity contribution is 5.80. The Kier molecular flexibility index (Phi) is 7.46. The minimum atomic E-state index is 0.245. The zero-order valence-corrected chi connectivity index (χ0v) is 19.4. The molecule has 0 bridgehead atoms. The molecule has 1 aliphatic rings. The Balaban J connectivity index is 1.27. The number of aryl methyl sites for hydroxylation is 4. The molecule has 3 aromatic rings. The number of unbranched alkanes of at least 4 members (excludes halogenated alkanes) is 2. The number of nitrogens with one attached hydrogen (secondary N) is 1. The van der Waals surface area contributed by atoms with Crippen LogP contribution >= 0.6 is 0 Å². The maximum Gasteiger partial charge on any atom is 0.223 e. The highest BCUT2D eigenvalue weighted by Crippen LogP contribution is 2.28. The summed E-state index contributed by atoms with van der Waals surface area (Å²) < 4.78 is 8.40.